The summed E-state index contributed by atoms with van der Waals surface area (Å²) >= 11 is 3.26. The Bertz CT molecular complexity index is 298. The Kier molecular flexibility index (Phi) is 4.47. The minimum absolute atomic E-state index is 0.281. The summed E-state index contributed by atoms with van der Waals surface area (Å²) in [6.07, 6.45) is 5.05. The first-order valence-electron chi connectivity index (χ1n) is 4.99. The predicted molar refractivity (Wildman–Crippen MR) is 62.7 cm³/mol. The third-order valence-electron chi connectivity index (χ3n) is 2.49. The largest absolute Gasteiger partial charge is 0.462 e. The molecule has 1 aromatic heterocycles. The number of nitrogens with zero attached hydrogens (tertiary/aromatic N) is 2. The molecule has 84 valence electrons. The van der Waals surface area contributed by atoms with Gasteiger partial charge in [-0.3, -0.25) is 0 Å². The Morgan fingerprint density at radius 3 is 2.33 bits per heavy atom. The number of halogens is 1. The van der Waals surface area contributed by atoms with Crippen molar-refractivity contribution in [1.82, 2.24) is 9.97 Å². The fraction of sp³-hybridized carbons (Fsp3) is 0.600. The molecule has 0 atom stereocenters. The molecule has 0 aliphatic carbocycles. The van der Waals surface area contributed by atoms with Crippen molar-refractivity contribution in [3.05, 3.63) is 16.9 Å². The van der Waals surface area contributed by atoms with Crippen LogP contribution in [0.15, 0.2) is 16.9 Å². The summed E-state index contributed by atoms with van der Waals surface area (Å²) in [6, 6.07) is 0.370. The van der Waals surface area contributed by atoms with Crippen LogP contribution in [-0.4, -0.2) is 22.1 Å². The second-order valence-corrected chi connectivity index (χ2v) is 4.46. The summed E-state index contributed by atoms with van der Waals surface area (Å²) in [5.41, 5.74) is 5.80. The molecule has 5 heteroatoms. The number of aromatic nitrogens is 2. The second kappa shape index (κ2) is 5.42. The van der Waals surface area contributed by atoms with Gasteiger partial charge in [0.1, 0.15) is 6.61 Å². The first kappa shape index (κ1) is 12.4. The van der Waals surface area contributed by atoms with E-state index in [2.05, 4.69) is 39.7 Å². The molecule has 0 saturated heterocycles. The maximum absolute atomic E-state index is 6.08. The minimum atomic E-state index is -0.281. The molecular formula is C10H16BrN3O. The number of nitrogens with two attached hydrogens (primary N) is 1. The summed E-state index contributed by atoms with van der Waals surface area (Å²) in [5, 5.41) is 0. The average Bonchev–Trinajstić information content (AvgIpc) is 2.28. The number of rotatable bonds is 5. The Hall–Kier alpha value is -0.680. The van der Waals surface area contributed by atoms with E-state index < -0.39 is 0 Å². The molecule has 0 aliphatic rings. The van der Waals surface area contributed by atoms with E-state index in [0.717, 1.165) is 17.3 Å². The van der Waals surface area contributed by atoms with Crippen LogP contribution in [0.4, 0.5) is 0 Å². The highest BCUT2D eigenvalue weighted by atomic mass is 79.9. The van der Waals surface area contributed by atoms with Crippen LogP contribution in [0.25, 0.3) is 0 Å². The summed E-state index contributed by atoms with van der Waals surface area (Å²) in [5.74, 6) is 0. The lowest BCUT2D eigenvalue weighted by Gasteiger charge is -2.25. The van der Waals surface area contributed by atoms with E-state index >= 15 is 0 Å². The summed E-state index contributed by atoms with van der Waals surface area (Å²) in [6.45, 7) is 4.55. The normalized spacial score (nSPS) is 11.5. The van der Waals surface area contributed by atoms with E-state index in [1.807, 2.05) is 0 Å². The molecule has 0 bridgehead atoms. The molecule has 1 aromatic rings. The van der Waals surface area contributed by atoms with E-state index in [0.29, 0.717) is 12.6 Å². The van der Waals surface area contributed by atoms with Crippen molar-refractivity contribution in [1.29, 1.82) is 0 Å². The van der Waals surface area contributed by atoms with Crippen molar-refractivity contribution >= 4 is 15.9 Å². The first-order valence-corrected chi connectivity index (χ1v) is 5.78. The highest BCUT2D eigenvalue weighted by Crippen LogP contribution is 2.14. The van der Waals surface area contributed by atoms with E-state index in [4.69, 9.17) is 10.5 Å². The first-order chi connectivity index (χ1) is 7.09. The number of ether oxygens (including phenoxy) is 1. The zero-order chi connectivity index (χ0) is 11.3. The molecule has 0 radical (unpaired) electrons. The van der Waals surface area contributed by atoms with Crippen molar-refractivity contribution in [3.8, 4) is 6.01 Å². The van der Waals surface area contributed by atoms with E-state index in [-0.39, 0.29) is 5.54 Å². The molecule has 0 unspecified atom stereocenters. The third-order valence-corrected chi connectivity index (χ3v) is 2.90. The Morgan fingerprint density at radius 1 is 1.33 bits per heavy atom. The fourth-order valence-corrected chi connectivity index (χ4v) is 1.24. The van der Waals surface area contributed by atoms with Gasteiger partial charge in [-0.15, -0.1) is 0 Å². The van der Waals surface area contributed by atoms with Crippen LogP contribution in [0.2, 0.25) is 0 Å². The van der Waals surface area contributed by atoms with Crippen molar-refractivity contribution in [2.75, 3.05) is 6.61 Å². The van der Waals surface area contributed by atoms with E-state index in [1.54, 1.807) is 12.4 Å². The molecule has 0 amide bonds. The second-order valence-electron chi connectivity index (χ2n) is 3.54. The average molecular weight is 274 g/mol. The lowest BCUT2D eigenvalue weighted by Crippen LogP contribution is -2.44. The van der Waals surface area contributed by atoms with Gasteiger partial charge in [-0.25, -0.2) is 9.97 Å². The van der Waals surface area contributed by atoms with Crippen molar-refractivity contribution in [3.63, 3.8) is 0 Å². The Labute approximate surface area is 98.4 Å². The van der Waals surface area contributed by atoms with Crippen LogP contribution >= 0.6 is 15.9 Å². The quantitative estimate of drug-likeness (QED) is 0.893. The van der Waals surface area contributed by atoms with Gasteiger partial charge in [-0.05, 0) is 28.8 Å². The molecule has 0 spiro atoms. The third kappa shape index (κ3) is 3.76. The van der Waals surface area contributed by atoms with Crippen LogP contribution in [0.1, 0.15) is 26.7 Å². The van der Waals surface area contributed by atoms with Gasteiger partial charge in [0.25, 0.3) is 0 Å². The maximum atomic E-state index is 6.08. The zero-order valence-electron chi connectivity index (χ0n) is 9.03. The highest BCUT2D eigenvalue weighted by molar-refractivity contribution is 9.10. The number of hydrogen-bond acceptors (Lipinski definition) is 4. The SMILES string of the molecule is CCC(N)(CC)COc1ncc(Br)cn1. The van der Waals surface area contributed by atoms with Gasteiger partial charge in [0.15, 0.2) is 0 Å². The van der Waals surface area contributed by atoms with Crippen molar-refractivity contribution < 1.29 is 4.74 Å². The molecule has 0 aliphatic heterocycles. The number of hydrogen-bond donors (Lipinski definition) is 1. The Morgan fingerprint density at radius 2 is 1.87 bits per heavy atom. The highest BCUT2D eigenvalue weighted by Gasteiger charge is 2.21. The summed E-state index contributed by atoms with van der Waals surface area (Å²) < 4.78 is 6.27. The topological polar surface area (TPSA) is 61.0 Å². The van der Waals surface area contributed by atoms with E-state index in [9.17, 15) is 0 Å². The van der Waals surface area contributed by atoms with Crippen LogP contribution < -0.4 is 10.5 Å². The van der Waals surface area contributed by atoms with Crippen molar-refractivity contribution in [2.45, 2.75) is 32.2 Å². The van der Waals surface area contributed by atoms with Crippen LogP contribution in [0.5, 0.6) is 6.01 Å². The van der Waals surface area contributed by atoms with Crippen LogP contribution in [0.3, 0.4) is 0 Å². The van der Waals surface area contributed by atoms with Gasteiger partial charge >= 0.3 is 6.01 Å². The zero-order valence-corrected chi connectivity index (χ0v) is 10.6. The molecular weight excluding hydrogens is 258 g/mol. The molecule has 2 N–H and O–H groups in total. The molecule has 1 heterocycles. The summed E-state index contributed by atoms with van der Waals surface area (Å²) in [7, 11) is 0. The lowest BCUT2D eigenvalue weighted by molar-refractivity contribution is 0.194. The molecule has 0 saturated carbocycles. The monoisotopic (exact) mass is 273 g/mol. The molecule has 0 aromatic carbocycles. The fourth-order valence-electron chi connectivity index (χ4n) is 1.04. The molecule has 15 heavy (non-hydrogen) atoms. The van der Waals surface area contributed by atoms with Crippen molar-refractivity contribution in [2.24, 2.45) is 5.73 Å². The van der Waals surface area contributed by atoms with Gasteiger partial charge in [-0.2, -0.15) is 0 Å². The molecule has 1 rings (SSSR count). The Balaban J connectivity index is 2.53. The van der Waals surface area contributed by atoms with Gasteiger partial charge in [0.05, 0.1) is 4.47 Å². The summed E-state index contributed by atoms with van der Waals surface area (Å²) in [4.78, 5) is 8.03. The predicted octanol–water partition coefficient (Wildman–Crippen LogP) is 2.14. The molecule has 0 fully saturated rings. The van der Waals surface area contributed by atoms with Gasteiger partial charge in [0.2, 0.25) is 0 Å². The van der Waals surface area contributed by atoms with Gasteiger partial charge < -0.3 is 10.5 Å². The molecule has 4 nitrogen and oxygen atoms in total. The van der Waals surface area contributed by atoms with Crippen LogP contribution in [0, 0.1) is 0 Å². The van der Waals surface area contributed by atoms with Gasteiger partial charge in [0, 0.05) is 17.9 Å². The minimum Gasteiger partial charge on any atom is -0.462 e. The van der Waals surface area contributed by atoms with E-state index in [1.165, 1.54) is 0 Å². The maximum Gasteiger partial charge on any atom is 0.316 e. The standard InChI is InChI=1S/C10H16BrN3O/c1-3-10(12,4-2)7-15-9-13-5-8(11)6-14-9/h5-6H,3-4,7,12H2,1-2H3. The van der Waals surface area contributed by atoms with Gasteiger partial charge in [-0.1, -0.05) is 13.8 Å². The van der Waals surface area contributed by atoms with Crippen LogP contribution in [-0.2, 0) is 0 Å². The smallest absolute Gasteiger partial charge is 0.316 e. The lowest BCUT2D eigenvalue weighted by atomic mass is 9.96.